The predicted molar refractivity (Wildman–Crippen MR) is 117 cm³/mol. The fourth-order valence-corrected chi connectivity index (χ4v) is 4.55. The molecular formula is C22H25F3N4O2S. The molecule has 10 heteroatoms. The average Bonchev–Trinajstić information content (AvgIpc) is 3.14. The molecule has 1 amide bonds. The van der Waals surface area contributed by atoms with Crippen LogP contribution in [-0.4, -0.2) is 71.8 Å². The molecule has 1 aromatic carbocycles. The summed E-state index contributed by atoms with van der Waals surface area (Å²) in [4.78, 5) is 23.5. The number of amides is 1. The van der Waals surface area contributed by atoms with E-state index in [0.29, 0.717) is 45.1 Å². The highest BCUT2D eigenvalue weighted by atomic mass is 32.2. The normalized spacial score (nSPS) is 20.1. The minimum atomic E-state index is -4.29. The van der Waals surface area contributed by atoms with Gasteiger partial charge in [0.05, 0.1) is 25.4 Å². The number of hydrogen-bond donors (Lipinski definition) is 0. The van der Waals surface area contributed by atoms with E-state index in [9.17, 15) is 18.0 Å². The number of anilines is 1. The fraction of sp³-hybridized carbons (Fsp3) is 0.455. The molecule has 2 aliphatic heterocycles. The van der Waals surface area contributed by atoms with Gasteiger partial charge in [-0.25, -0.2) is 0 Å². The number of aromatic nitrogens is 1. The molecule has 3 heterocycles. The van der Waals surface area contributed by atoms with Crippen LogP contribution in [0.4, 0.5) is 18.9 Å². The Bertz CT molecular complexity index is 936. The van der Waals surface area contributed by atoms with Gasteiger partial charge in [-0.05, 0) is 54.6 Å². The maximum atomic E-state index is 13.0. The van der Waals surface area contributed by atoms with Gasteiger partial charge in [-0.15, -0.1) is 0 Å². The van der Waals surface area contributed by atoms with Gasteiger partial charge >= 0.3 is 5.51 Å². The Morgan fingerprint density at radius 1 is 1.19 bits per heavy atom. The minimum Gasteiger partial charge on any atom is -0.378 e. The first-order valence-corrected chi connectivity index (χ1v) is 11.3. The predicted octanol–water partition coefficient (Wildman–Crippen LogP) is 3.83. The molecule has 0 spiro atoms. The number of ether oxygens (including phenoxy) is 1. The zero-order chi connectivity index (χ0) is 22.7. The largest absolute Gasteiger partial charge is 0.446 e. The molecule has 0 radical (unpaired) electrons. The summed E-state index contributed by atoms with van der Waals surface area (Å²) in [7, 11) is 0. The minimum absolute atomic E-state index is 0.0298. The summed E-state index contributed by atoms with van der Waals surface area (Å²) >= 11 is -0.108. The first-order valence-electron chi connectivity index (χ1n) is 10.4. The Balaban J connectivity index is 1.43. The third-order valence-corrected chi connectivity index (χ3v) is 6.45. The third kappa shape index (κ3) is 5.54. The van der Waals surface area contributed by atoms with Crippen molar-refractivity contribution in [3.05, 3.63) is 53.9 Å². The number of pyridine rings is 1. The van der Waals surface area contributed by atoms with Crippen molar-refractivity contribution in [2.45, 2.75) is 29.9 Å². The fourth-order valence-electron chi connectivity index (χ4n) is 4.01. The van der Waals surface area contributed by atoms with E-state index in [-0.39, 0.29) is 28.6 Å². The molecule has 2 aromatic rings. The van der Waals surface area contributed by atoms with Gasteiger partial charge in [0.25, 0.3) is 5.91 Å². The number of halogens is 3. The summed E-state index contributed by atoms with van der Waals surface area (Å²) in [6, 6.07) is 8.56. The number of thioether (sulfide) groups is 1. The highest BCUT2D eigenvalue weighted by molar-refractivity contribution is 8.00. The maximum Gasteiger partial charge on any atom is 0.446 e. The van der Waals surface area contributed by atoms with Crippen LogP contribution in [0.25, 0.3) is 0 Å². The van der Waals surface area contributed by atoms with Crippen molar-refractivity contribution in [3.8, 4) is 0 Å². The topological polar surface area (TPSA) is 48.9 Å². The van der Waals surface area contributed by atoms with Crippen LogP contribution < -0.4 is 4.90 Å². The lowest BCUT2D eigenvalue weighted by Gasteiger charge is -2.28. The van der Waals surface area contributed by atoms with Crippen molar-refractivity contribution in [1.29, 1.82) is 0 Å². The van der Waals surface area contributed by atoms with Gasteiger partial charge in [0.2, 0.25) is 0 Å². The van der Waals surface area contributed by atoms with Crippen molar-refractivity contribution < 1.29 is 22.7 Å². The zero-order valence-electron chi connectivity index (χ0n) is 17.7. The van der Waals surface area contributed by atoms with E-state index in [1.807, 2.05) is 6.07 Å². The second-order valence-electron chi connectivity index (χ2n) is 7.94. The first-order chi connectivity index (χ1) is 15.3. The Hall–Kier alpha value is -2.30. The highest BCUT2D eigenvalue weighted by Gasteiger charge is 2.31. The maximum absolute atomic E-state index is 13.0. The van der Waals surface area contributed by atoms with Gasteiger partial charge in [-0.1, -0.05) is 0 Å². The van der Waals surface area contributed by atoms with Crippen molar-refractivity contribution in [3.63, 3.8) is 0 Å². The Labute approximate surface area is 189 Å². The SMILES string of the molecule is CC1CN(c2ccc(SC(F)(F)F)cc2)CN1Cc1ccncc1C(=O)N1CCOCC1. The Morgan fingerprint density at radius 2 is 1.91 bits per heavy atom. The number of rotatable bonds is 5. The number of benzene rings is 1. The Morgan fingerprint density at radius 3 is 2.59 bits per heavy atom. The molecular weight excluding hydrogens is 441 g/mol. The van der Waals surface area contributed by atoms with Crippen LogP contribution in [0, 0.1) is 0 Å². The smallest absolute Gasteiger partial charge is 0.378 e. The lowest BCUT2D eigenvalue weighted by Crippen LogP contribution is -2.41. The lowest BCUT2D eigenvalue weighted by atomic mass is 10.1. The van der Waals surface area contributed by atoms with E-state index in [2.05, 4.69) is 21.7 Å². The first kappa shape index (κ1) is 22.9. The van der Waals surface area contributed by atoms with Gasteiger partial charge in [-0.2, -0.15) is 13.2 Å². The summed E-state index contributed by atoms with van der Waals surface area (Å²) in [5.41, 5.74) is -1.89. The molecule has 1 unspecified atom stereocenters. The quantitative estimate of drug-likeness (QED) is 0.625. The number of alkyl halides is 3. The summed E-state index contributed by atoms with van der Waals surface area (Å²) in [6.07, 6.45) is 3.32. The van der Waals surface area contributed by atoms with Gasteiger partial charge in [0, 0.05) is 55.2 Å². The summed E-state index contributed by atoms with van der Waals surface area (Å²) in [6.45, 7) is 6.31. The molecule has 2 aliphatic rings. The van der Waals surface area contributed by atoms with Gasteiger partial charge < -0.3 is 14.5 Å². The third-order valence-electron chi connectivity index (χ3n) is 5.71. The number of hydrogen-bond acceptors (Lipinski definition) is 6. The number of nitrogens with zero attached hydrogens (tertiary/aromatic N) is 4. The molecule has 0 aliphatic carbocycles. The molecule has 0 bridgehead atoms. The van der Waals surface area contributed by atoms with Crippen molar-refractivity contribution in [1.82, 2.24) is 14.8 Å². The molecule has 0 N–H and O–H groups in total. The van der Waals surface area contributed by atoms with Crippen molar-refractivity contribution >= 4 is 23.4 Å². The monoisotopic (exact) mass is 466 g/mol. The highest BCUT2D eigenvalue weighted by Crippen LogP contribution is 2.37. The molecule has 2 fully saturated rings. The Kier molecular flexibility index (Phi) is 6.92. The van der Waals surface area contributed by atoms with E-state index >= 15 is 0 Å². The van der Waals surface area contributed by atoms with Crippen LogP contribution >= 0.6 is 11.8 Å². The lowest BCUT2D eigenvalue weighted by molar-refractivity contribution is -0.0328. The second-order valence-corrected chi connectivity index (χ2v) is 9.08. The van der Waals surface area contributed by atoms with E-state index in [1.54, 1.807) is 29.4 Å². The van der Waals surface area contributed by atoms with E-state index in [4.69, 9.17) is 4.74 Å². The molecule has 2 saturated heterocycles. The van der Waals surface area contributed by atoms with Crippen LogP contribution in [0.3, 0.4) is 0 Å². The number of carbonyl (C=O) groups is 1. The molecule has 1 atom stereocenters. The van der Waals surface area contributed by atoms with Gasteiger partial charge in [0.1, 0.15) is 0 Å². The number of morpholine rings is 1. The van der Waals surface area contributed by atoms with Crippen LogP contribution in [-0.2, 0) is 11.3 Å². The van der Waals surface area contributed by atoms with E-state index < -0.39 is 5.51 Å². The van der Waals surface area contributed by atoms with Gasteiger partial charge in [-0.3, -0.25) is 14.7 Å². The van der Waals surface area contributed by atoms with Crippen LogP contribution in [0.5, 0.6) is 0 Å². The summed E-state index contributed by atoms with van der Waals surface area (Å²) in [5, 5.41) is 0. The van der Waals surface area contributed by atoms with Crippen LogP contribution in [0.15, 0.2) is 47.6 Å². The molecule has 0 saturated carbocycles. The molecule has 172 valence electrons. The number of carbonyl (C=O) groups excluding carboxylic acids is 1. The van der Waals surface area contributed by atoms with E-state index in [1.165, 1.54) is 12.1 Å². The molecule has 32 heavy (non-hydrogen) atoms. The average molecular weight is 467 g/mol. The standard InChI is InChI=1S/C22H25F3N4O2S/c1-16-13-29(18-2-4-19(5-3-18)32-22(23,24)25)15-28(16)14-17-6-7-26-12-20(17)21(30)27-8-10-31-11-9-27/h2-7,12,16H,8-11,13-15H2,1H3. The summed E-state index contributed by atoms with van der Waals surface area (Å²) < 4.78 is 43.0. The molecule has 1 aromatic heterocycles. The van der Waals surface area contributed by atoms with Gasteiger partial charge in [0.15, 0.2) is 0 Å². The zero-order valence-corrected chi connectivity index (χ0v) is 18.5. The summed E-state index contributed by atoms with van der Waals surface area (Å²) in [5.74, 6) is -0.0298. The second kappa shape index (κ2) is 9.68. The molecule has 6 nitrogen and oxygen atoms in total. The molecule has 4 rings (SSSR count). The van der Waals surface area contributed by atoms with Crippen molar-refractivity contribution in [2.24, 2.45) is 0 Å². The van der Waals surface area contributed by atoms with Crippen molar-refractivity contribution in [2.75, 3.05) is 44.4 Å². The van der Waals surface area contributed by atoms with E-state index in [0.717, 1.165) is 17.8 Å². The van der Waals surface area contributed by atoms with Crippen LogP contribution in [0.1, 0.15) is 22.8 Å². The van der Waals surface area contributed by atoms with Crippen LogP contribution in [0.2, 0.25) is 0 Å².